The van der Waals surface area contributed by atoms with E-state index in [0.29, 0.717) is 19.6 Å². The lowest BCUT2D eigenvalue weighted by Gasteiger charge is -2.33. The van der Waals surface area contributed by atoms with E-state index < -0.39 is 12.0 Å². The van der Waals surface area contributed by atoms with Crippen LogP contribution in [0.15, 0.2) is 30.3 Å². The van der Waals surface area contributed by atoms with Gasteiger partial charge in [-0.25, -0.2) is 0 Å². The monoisotopic (exact) mass is 361 g/mol. The van der Waals surface area contributed by atoms with Crippen LogP contribution in [0.1, 0.15) is 25.3 Å². The molecule has 1 heterocycles. The zero-order valence-electron chi connectivity index (χ0n) is 15.2. The molecule has 1 aromatic carbocycles. The highest BCUT2D eigenvalue weighted by Crippen LogP contribution is 2.08. The van der Waals surface area contributed by atoms with E-state index in [1.807, 2.05) is 23.1 Å². The summed E-state index contributed by atoms with van der Waals surface area (Å²) in [5.74, 6) is -0.878. The van der Waals surface area contributed by atoms with E-state index in [-0.39, 0.29) is 31.4 Å². The first-order valence-electron chi connectivity index (χ1n) is 9.08. The SMILES string of the molecule is CCOC(=O)CNC(=O)CC1NCCN(CCCc2ccccc2)C1=O. The molecule has 2 amide bonds. The van der Waals surface area contributed by atoms with Gasteiger partial charge in [0.1, 0.15) is 6.54 Å². The fourth-order valence-corrected chi connectivity index (χ4v) is 2.93. The van der Waals surface area contributed by atoms with Crippen molar-refractivity contribution in [2.24, 2.45) is 0 Å². The Labute approximate surface area is 154 Å². The van der Waals surface area contributed by atoms with Gasteiger partial charge in [-0.15, -0.1) is 0 Å². The molecule has 0 aliphatic carbocycles. The number of rotatable bonds is 9. The third-order valence-electron chi connectivity index (χ3n) is 4.24. The number of ether oxygens (including phenoxy) is 1. The number of nitrogens with one attached hydrogen (secondary N) is 2. The lowest BCUT2D eigenvalue weighted by atomic mass is 10.1. The summed E-state index contributed by atoms with van der Waals surface area (Å²) in [5, 5.41) is 5.57. The number of nitrogens with zero attached hydrogens (tertiary/aromatic N) is 1. The van der Waals surface area contributed by atoms with Crippen molar-refractivity contribution >= 4 is 17.8 Å². The molecule has 1 aliphatic rings. The Bertz CT molecular complexity index is 606. The van der Waals surface area contributed by atoms with Crippen molar-refractivity contribution in [2.75, 3.05) is 32.8 Å². The number of carbonyl (C=O) groups excluding carboxylic acids is 3. The predicted molar refractivity (Wildman–Crippen MR) is 97.4 cm³/mol. The van der Waals surface area contributed by atoms with Crippen LogP contribution >= 0.6 is 0 Å². The van der Waals surface area contributed by atoms with E-state index in [2.05, 4.69) is 22.8 Å². The molecule has 1 aliphatic heterocycles. The first kappa shape index (κ1) is 19.9. The van der Waals surface area contributed by atoms with Crippen molar-refractivity contribution in [3.05, 3.63) is 35.9 Å². The zero-order chi connectivity index (χ0) is 18.8. The van der Waals surface area contributed by atoms with E-state index in [4.69, 9.17) is 4.74 Å². The minimum Gasteiger partial charge on any atom is -0.465 e. The molecule has 1 fully saturated rings. The molecule has 0 bridgehead atoms. The van der Waals surface area contributed by atoms with Gasteiger partial charge in [-0.05, 0) is 25.3 Å². The number of carbonyl (C=O) groups is 3. The Balaban J connectivity index is 1.73. The fourth-order valence-electron chi connectivity index (χ4n) is 2.93. The number of esters is 1. The van der Waals surface area contributed by atoms with Crippen molar-refractivity contribution < 1.29 is 19.1 Å². The number of aryl methyl sites for hydroxylation is 1. The maximum Gasteiger partial charge on any atom is 0.325 e. The van der Waals surface area contributed by atoms with E-state index in [9.17, 15) is 14.4 Å². The van der Waals surface area contributed by atoms with Gasteiger partial charge in [-0.2, -0.15) is 0 Å². The normalized spacial score (nSPS) is 17.0. The molecule has 7 heteroatoms. The number of benzene rings is 1. The lowest BCUT2D eigenvalue weighted by molar-refractivity contribution is -0.143. The summed E-state index contributed by atoms with van der Waals surface area (Å²) >= 11 is 0. The van der Waals surface area contributed by atoms with Gasteiger partial charge < -0.3 is 20.3 Å². The maximum atomic E-state index is 12.5. The van der Waals surface area contributed by atoms with E-state index >= 15 is 0 Å². The molecule has 1 unspecified atom stereocenters. The third-order valence-corrected chi connectivity index (χ3v) is 4.24. The second kappa shape index (κ2) is 10.6. The summed E-state index contributed by atoms with van der Waals surface area (Å²) in [7, 11) is 0. The summed E-state index contributed by atoms with van der Waals surface area (Å²) in [6, 6.07) is 9.63. The van der Waals surface area contributed by atoms with Crippen LogP contribution in [0.4, 0.5) is 0 Å². The van der Waals surface area contributed by atoms with E-state index in [1.54, 1.807) is 6.92 Å². The third kappa shape index (κ3) is 6.48. The largest absolute Gasteiger partial charge is 0.465 e. The van der Waals surface area contributed by atoms with Crippen LogP contribution in [0.2, 0.25) is 0 Å². The van der Waals surface area contributed by atoms with Crippen LogP contribution in [0.5, 0.6) is 0 Å². The first-order chi connectivity index (χ1) is 12.6. The van der Waals surface area contributed by atoms with Crippen LogP contribution < -0.4 is 10.6 Å². The van der Waals surface area contributed by atoms with Gasteiger partial charge >= 0.3 is 5.97 Å². The van der Waals surface area contributed by atoms with Gasteiger partial charge in [0.05, 0.1) is 19.1 Å². The predicted octanol–water partition coefficient (Wildman–Crippen LogP) is 0.489. The smallest absolute Gasteiger partial charge is 0.325 e. The molecule has 0 radical (unpaired) electrons. The number of amides is 2. The van der Waals surface area contributed by atoms with E-state index in [0.717, 1.165) is 12.8 Å². The average Bonchev–Trinajstić information content (AvgIpc) is 2.64. The van der Waals surface area contributed by atoms with Gasteiger partial charge in [-0.1, -0.05) is 30.3 Å². The molecule has 26 heavy (non-hydrogen) atoms. The topological polar surface area (TPSA) is 87.7 Å². The second-order valence-corrected chi connectivity index (χ2v) is 6.21. The Hall–Kier alpha value is -2.41. The van der Waals surface area contributed by atoms with Crippen molar-refractivity contribution in [3.63, 3.8) is 0 Å². The van der Waals surface area contributed by atoms with Crippen molar-refractivity contribution in [2.45, 2.75) is 32.2 Å². The number of hydrogen-bond acceptors (Lipinski definition) is 5. The maximum absolute atomic E-state index is 12.5. The molecule has 0 spiro atoms. The van der Waals surface area contributed by atoms with Crippen molar-refractivity contribution in [1.29, 1.82) is 0 Å². The first-order valence-corrected chi connectivity index (χ1v) is 9.08. The Morgan fingerprint density at radius 2 is 2.08 bits per heavy atom. The Kier molecular flexibility index (Phi) is 8.08. The molecule has 142 valence electrons. The van der Waals surface area contributed by atoms with Gasteiger partial charge in [0.15, 0.2) is 0 Å². The Morgan fingerprint density at radius 1 is 1.31 bits per heavy atom. The molecular weight excluding hydrogens is 334 g/mol. The molecule has 1 saturated heterocycles. The molecule has 2 rings (SSSR count). The van der Waals surface area contributed by atoms with E-state index in [1.165, 1.54) is 5.56 Å². The van der Waals surface area contributed by atoms with Crippen LogP contribution in [-0.2, 0) is 25.5 Å². The molecule has 2 N–H and O–H groups in total. The molecule has 1 atom stereocenters. The van der Waals surface area contributed by atoms with Gasteiger partial charge in [0.2, 0.25) is 11.8 Å². The quantitative estimate of drug-likeness (QED) is 0.625. The summed E-state index contributed by atoms with van der Waals surface area (Å²) in [5.41, 5.74) is 1.25. The minimum absolute atomic E-state index is 0.0213. The van der Waals surface area contributed by atoms with Gasteiger partial charge in [-0.3, -0.25) is 14.4 Å². The highest BCUT2D eigenvalue weighted by Gasteiger charge is 2.29. The number of hydrogen-bond donors (Lipinski definition) is 2. The zero-order valence-corrected chi connectivity index (χ0v) is 15.2. The van der Waals surface area contributed by atoms with Gasteiger partial charge in [0, 0.05) is 19.6 Å². The van der Waals surface area contributed by atoms with Gasteiger partial charge in [0.25, 0.3) is 0 Å². The number of piperazine rings is 1. The van der Waals surface area contributed by atoms with Crippen LogP contribution in [0, 0.1) is 0 Å². The molecule has 1 aromatic rings. The summed E-state index contributed by atoms with van der Waals surface area (Å²) in [6.45, 7) is 3.79. The molecular formula is C19H27N3O4. The van der Waals surface area contributed by atoms with Crippen molar-refractivity contribution in [1.82, 2.24) is 15.5 Å². The van der Waals surface area contributed by atoms with Crippen molar-refractivity contribution in [3.8, 4) is 0 Å². The fraction of sp³-hybridized carbons (Fsp3) is 0.526. The van der Waals surface area contributed by atoms with Crippen LogP contribution in [0.3, 0.4) is 0 Å². The standard InChI is InChI=1S/C19H27N3O4/c1-2-26-18(24)14-21-17(23)13-16-19(25)22(12-10-20-16)11-6-9-15-7-4-3-5-8-15/h3-5,7-8,16,20H,2,6,9-14H2,1H3,(H,21,23). The second-order valence-electron chi connectivity index (χ2n) is 6.21. The lowest BCUT2D eigenvalue weighted by Crippen LogP contribution is -2.56. The highest BCUT2D eigenvalue weighted by atomic mass is 16.5. The molecule has 0 aromatic heterocycles. The summed E-state index contributed by atoms with van der Waals surface area (Å²) < 4.78 is 4.76. The summed E-state index contributed by atoms with van der Waals surface area (Å²) in [4.78, 5) is 37.5. The van der Waals surface area contributed by atoms with Crippen LogP contribution in [-0.4, -0.2) is 61.5 Å². The molecule has 7 nitrogen and oxygen atoms in total. The highest BCUT2D eigenvalue weighted by molar-refractivity contribution is 5.90. The van der Waals surface area contributed by atoms with Crippen LogP contribution in [0.25, 0.3) is 0 Å². The average molecular weight is 361 g/mol. The molecule has 0 saturated carbocycles. The summed E-state index contributed by atoms with van der Waals surface area (Å²) in [6.07, 6.45) is 1.83. The Morgan fingerprint density at radius 3 is 2.81 bits per heavy atom. The minimum atomic E-state index is -0.539.